The Balaban J connectivity index is 2.44. The van der Waals surface area contributed by atoms with Crippen LogP contribution in [0.5, 0.6) is 0 Å². The maximum atomic E-state index is 11.7. The number of aryl methyl sites for hydroxylation is 1. The van der Waals surface area contributed by atoms with Crippen molar-refractivity contribution in [1.29, 1.82) is 0 Å². The first kappa shape index (κ1) is 15.1. The Hall–Kier alpha value is -2.29. The molecule has 9 heteroatoms. The second-order valence-electron chi connectivity index (χ2n) is 4.36. The Morgan fingerprint density at radius 1 is 1.57 bits per heavy atom. The number of pyridine rings is 1. The molecule has 0 aromatic carbocycles. The molecular formula is C12H16N6O2S. The summed E-state index contributed by atoms with van der Waals surface area (Å²) >= 11 is 1.20. The van der Waals surface area contributed by atoms with E-state index >= 15 is 0 Å². The second-order valence-corrected chi connectivity index (χ2v) is 5.31. The highest BCUT2D eigenvalue weighted by molar-refractivity contribution is 7.99. The van der Waals surface area contributed by atoms with Crippen LogP contribution in [0.3, 0.4) is 0 Å². The van der Waals surface area contributed by atoms with Gasteiger partial charge in [0.15, 0.2) is 11.0 Å². The number of nitrogens with one attached hydrogen (secondary N) is 1. The van der Waals surface area contributed by atoms with Crippen LogP contribution in [0.4, 0.5) is 0 Å². The zero-order chi connectivity index (χ0) is 15.4. The number of amidine groups is 1. The van der Waals surface area contributed by atoms with E-state index in [1.807, 2.05) is 13.8 Å². The van der Waals surface area contributed by atoms with E-state index in [4.69, 9.17) is 10.9 Å². The third-order valence-electron chi connectivity index (χ3n) is 2.74. The first-order valence-electron chi connectivity index (χ1n) is 6.35. The maximum absolute atomic E-state index is 11.7. The van der Waals surface area contributed by atoms with Crippen LogP contribution in [0.15, 0.2) is 32.3 Å². The van der Waals surface area contributed by atoms with E-state index in [1.54, 1.807) is 12.1 Å². The number of aromatic amines is 1. The van der Waals surface area contributed by atoms with E-state index in [0.29, 0.717) is 22.3 Å². The molecule has 0 aliphatic rings. The van der Waals surface area contributed by atoms with Gasteiger partial charge in [-0.25, -0.2) is 14.9 Å². The van der Waals surface area contributed by atoms with Crippen molar-refractivity contribution in [2.75, 3.05) is 0 Å². The number of hydrogen-bond acceptors (Lipinski definition) is 6. The van der Waals surface area contributed by atoms with Gasteiger partial charge >= 0.3 is 5.69 Å². The average Bonchev–Trinajstić information content (AvgIpc) is 2.80. The van der Waals surface area contributed by atoms with Gasteiger partial charge in [-0.3, -0.25) is 4.57 Å². The molecule has 0 aliphatic carbocycles. The van der Waals surface area contributed by atoms with Gasteiger partial charge in [-0.1, -0.05) is 12.1 Å². The van der Waals surface area contributed by atoms with E-state index in [0.717, 1.165) is 12.1 Å². The molecule has 0 bridgehead atoms. The summed E-state index contributed by atoms with van der Waals surface area (Å²) in [6.45, 7) is 4.37. The lowest BCUT2D eigenvalue weighted by Gasteiger charge is -2.08. The number of H-pyrrole nitrogens is 1. The summed E-state index contributed by atoms with van der Waals surface area (Å²) in [7, 11) is 0. The molecular weight excluding hydrogens is 292 g/mol. The lowest BCUT2D eigenvalue weighted by atomic mass is 10.2. The molecule has 2 heterocycles. The fourth-order valence-electron chi connectivity index (χ4n) is 1.75. The normalized spacial score (nSPS) is 11.8. The topological polar surface area (TPSA) is 122 Å². The van der Waals surface area contributed by atoms with Crippen LogP contribution in [0, 0.1) is 6.92 Å². The van der Waals surface area contributed by atoms with Gasteiger partial charge < -0.3 is 10.9 Å². The molecule has 8 nitrogen and oxygen atoms in total. The van der Waals surface area contributed by atoms with Gasteiger partial charge in [0, 0.05) is 12.2 Å². The Bertz CT molecular complexity index is 721. The monoisotopic (exact) mass is 308 g/mol. The second kappa shape index (κ2) is 6.44. The lowest BCUT2D eigenvalue weighted by molar-refractivity contribution is 0.318. The van der Waals surface area contributed by atoms with E-state index in [1.165, 1.54) is 16.3 Å². The SMILES string of the molecule is CCCn1c(Sc2nc(C)ccc2C(N)=NO)n[nH]c1=O. The van der Waals surface area contributed by atoms with E-state index in [2.05, 4.69) is 20.3 Å². The smallest absolute Gasteiger partial charge is 0.343 e. The van der Waals surface area contributed by atoms with E-state index in [9.17, 15) is 4.79 Å². The van der Waals surface area contributed by atoms with Crippen LogP contribution in [-0.2, 0) is 6.54 Å². The predicted octanol–water partition coefficient (Wildman–Crippen LogP) is 0.931. The Labute approximate surface area is 125 Å². The highest BCUT2D eigenvalue weighted by Gasteiger charge is 2.15. The molecule has 0 amide bonds. The Kier molecular flexibility index (Phi) is 4.63. The summed E-state index contributed by atoms with van der Waals surface area (Å²) in [5.41, 5.74) is 6.66. The van der Waals surface area contributed by atoms with Crippen LogP contribution < -0.4 is 11.4 Å². The first-order chi connectivity index (χ1) is 10.1. The van der Waals surface area contributed by atoms with Crippen molar-refractivity contribution in [2.45, 2.75) is 37.0 Å². The van der Waals surface area contributed by atoms with Crippen molar-refractivity contribution in [3.05, 3.63) is 33.9 Å². The van der Waals surface area contributed by atoms with Crippen LogP contribution in [-0.4, -0.2) is 30.8 Å². The standard InChI is InChI=1S/C12H16N6O2S/c1-3-6-18-11(19)15-16-12(18)21-10-8(9(13)17-20)5-4-7(2)14-10/h4-5,20H,3,6H2,1-2H3,(H2,13,17)(H,15,19). The minimum atomic E-state index is -0.266. The van der Waals surface area contributed by atoms with Gasteiger partial charge in [-0.2, -0.15) is 0 Å². The Morgan fingerprint density at radius 3 is 3.00 bits per heavy atom. The minimum absolute atomic E-state index is 0.0371. The number of nitrogens with two attached hydrogens (primary N) is 1. The summed E-state index contributed by atoms with van der Waals surface area (Å²) in [5.74, 6) is -0.0371. The molecule has 0 radical (unpaired) electrons. The number of oxime groups is 1. The van der Waals surface area contributed by atoms with Crippen molar-refractivity contribution >= 4 is 17.6 Å². The van der Waals surface area contributed by atoms with Gasteiger partial charge in [0.1, 0.15) is 5.03 Å². The zero-order valence-corrected chi connectivity index (χ0v) is 12.5. The molecule has 0 atom stereocenters. The van der Waals surface area contributed by atoms with Crippen molar-refractivity contribution in [1.82, 2.24) is 19.7 Å². The van der Waals surface area contributed by atoms with Crippen molar-refractivity contribution in [2.24, 2.45) is 10.9 Å². The highest BCUT2D eigenvalue weighted by atomic mass is 32.2. The van der Waals surface area contributed by atoms with Crippen molar-refractivity contribution < 1.29 is 5.21 Å². The highest BCUT2D eigenvalue weighted by Crippen LogP contribution is 2.27. The predicted molar refractivity (Wildman–Crippen MR) is 78.7 cm³/mol. The summed E-state index contributed by atoms with van der Waals surface area (Å²) in [5, 5.41) is 19.3. The number of nitrogens with zero attached hydrogens (tertiary/aromatic N) is 4. The third kappa shape index (κ3) is 3.24. The molecule has 112 valence electrons. The molecule has 2 aromatic heterocycles. The van der Waals surface area contributed by atoms with Crippen molar-refractivity contribution in [3.63, 3.8) is 0 Å². The van der Waals surface area contributed by atoms with Crippen LogP contribution in [0.25, 0.3) is 0 Å². The minimum Gasteiger partial charge on any atom is -0.409 e. The maximum Gasteiger partial charge on any atom is 0.343 e. The lowest BCUT2D eigenvalue weighted by Crippen LogP contribution is -2.18. The van der Waals surface area contributed by atoms with Gasteiger partial charge in [-0.15, -0.1) is 5.10 Å². The van der Waals surface area contributed by atoms with Crippen LogP contribution in [0.2, 0.25) is 0 Å². The molecule has 21 heavy (non-hydrogen) atoms. The molecule has 2 rings (SSSR count). The average molecular weight is 308 g/mol. The van der Waals surface area contributed by atoms with Gasteiger partial charge in [0.25, 0.3) is 0 Å². The van der Waals surface area contributed by atoms with Gasteiger partial charge in [-0.05, 0) is 37.2 Å². The number of hydrogen-bond donors (Lipinski definition) is 3. The molecule has 4 N–H and O–H groups in total. The molecule has 0 saturated heterocycles. The van der Waals surface area contributed by atoms with Gasteiger partial charge in [0.05, 0.1) is 5.56 Å². The third-order valence-corrected chi connectivity index (χ3v) is 3.74. The summed E-state index contributed by atoms with van der Waals surface area (Å²) < 4.78 is 1.53. The van der Waals surface area contributed by atoms with Crippen LogP contribution >= 0.6 is 11.8 Å². The molecule has 0 unspecified atom stereocenters. The van der Waals surface area contributed by atoms with E-state index < -0.39 is 0 Å². The molecule has 0 aliphatic heterocycles. The molecule has 2 aromatic rings. The number of aromatic nitrogens is 4. The number of rotatable bonds is 5. The first-order valence-corrected chi connectivity index (χ1v) is 7.17. The molecule has 0 saturated carbocycles. The van der Waals surface area contributed by atoms with Crippen molar-refractivity contribution in [3.8, 4) is 0 Å². The summed E-state index contributed by atoms with van der Waals surface area (Å²) in [4.78, 5) is 16.1. The van der Waals surface area contributed by atoms with Gasteiger partial charge in [0.2, 0.25) is 0 Å². The Morgan fingerprint density at radius 2 is 2.33 bits per heavy atom. The fraction of sp³-hybridized carbons (Fsp3) is 0.333. The summed E-state index contributed by atoms with van der Waals surface area (Å²) in [6.07, 6.45) is 0.807. The molecule has 0 spiro atoms. The van der Waals surface area contributed by atoms with E-state index in [-0.39, 0.29) is 11.5 Å². The molecule has 0 fully saturated rings. The summed E-state index contributed by atoms with van der Waals surface area (Å²) in [6, 6.07) is 3.48. The van der Waals surface area contributed by atoms with Crippen LogP contribution in [0.1, 0.15) is 24.6 Å². The fourth-order valence-corrected chi connectivity index (χ4v) is 2.77. The largest absolute Gasteiger partial charge is 0.409 e. The zero-order valence-electron chi connectivity index (χ0n) is 11.7. The quantitative estimate of drug-likeness (QED) is 0.327.